The summed E-state index contributed by atoms with van der Waals surface area (Å²) in [6.45, 7) is 0. The van der Waals surface area contributed by atoms with Crippen molar-refractivity contribution in [3.63, 3.8) is 0 Å². The molecule has 0 saturated heterocycles. The summed E-state index contributed by atoms with van der Waals surface area (Å²) in [6, 6.07) is 0.335. The number of ether oxygens (including phenoxy) is 1. The number of anilines is 1. The SMILES string of the molecule is COC=NC1CCc2nc(N)sc2C1. The number of nitrogens with zero attached hydrogens (tertiary/aromatic N) is 2. The van der Waals surface area contributed by atoms with Crippen molar-refractivity contribution in [1.82, 2.24) is 4.98 Å². The van der Waals surface area contributed by atoms with E-state index in [0.717, 1.165) is 25.0 Å². The van der Waals surface area contributed by atoms with E-state index in [-0.39, 0.29) is 0 Å². The molecule has 1 aromatic heterocycles. The second-order valence-corrected chi connectivity index (χ2v) is 4.42. The van der Waals surface area contributed by atoms with Crippen LogP contribution in [0.15, 0.2) is 4.99 Å². The lowest BCUT2D eigenvalue weighted by molar-refractivity contribution is 0.414. The predicted molar refractivity (Wildman–Crippen MR) is 57.8 cm³/mol. The molecule has 0 aromatic carbocycles. The Morgan fingerprint density at radius 1 is 1.71 bits per heavy atom. The highest BCUT2D eigenvalue weighted by Crippen LogP contribution is 2.29. The minimum absolute atomic E-state index is 0.335. The summed E-state index contributed by atoms with van der Waals surface area (Å²) in [5.74, 6) is 0. The van der Waals surface area contributed by atoms with Gasteiger partial charge in [-0.25, -0.2) is 4.98 Å². The van der Waals surface area contributed by atoms with Crippen LogP contribution in [0.1, 0.15) is 17.0 Å². The first-order chi connectivity index (χ1) is 6.79. The highest BCUT2D eigenvalue weighted by Gasteiger charge is 2.21. The van der Waals surface area contributed by atoms with Gasteiger partial charge in [-0.3, -0.25) is 4.99 Å². The smallest absolute Gasteiger partial charge is 0.180 e. The van der Waals surface area contributed by atoms with Crippen molar-refractivity contribution < 1.29 is 4.74 Å². The number of hydrogen-bond donors (Lipinski definition) is 1. The molecule has 0 amide bonds. The fourth-order valence-corrected chi connectivity index (χ4v) is 2.60. The van der Waals surface area contributed by atoms with E-state index in [1.54, 1.807) is 18.4 Å². The molecule has 14 heavy (non-hydrogen) atoms. The second kappa shape index (κ2) is 3.96. The van der Waals surface area contributed by atoms with Crippen LogP contribution >= 0.6 is 11.3 Å². The van der Waals surface area contributed by atoms with Crippen molar-refractivity contribution in [3.05, 3.63) is 10.6 Å². The molecule has 2 N–H and O–H groups in total. The number of aromatic nitrogens is 1. The normalized spacial score (nSPS) is 21.1. The van der Waals surface area contributed by atoms with E-state index in [1.807, 2.05) is 0 Å². The van der Waals surface area contributed by atoms with Gasteiger partial charge in [-0.1, -0.05) is 0 Å². The molecule has 1 heterocycles. The second-order valence-electron chi connectivity index (χ2n) is 3.31. The van der Waals surface area contributed by atoms with Crippen molar-refractivity contribution in [3.8, 4) is 0 Å². The zero-order valence-corrected chi connectivity index (χ0v) is 8.88. The fraction of sp³-hybridized carbons (Fsp3) is 0.556. The summed E-state index contributed by atoms with van der Waals surface area (Å²) >= 11 is 1.58. The molecule has 0 aliphatic heterocycles. The van der Waals surface area contributed by atoms with Gasteiger partial charge >= 0.3 is 0 Å². The Hall–Kier alpha value is -1.10. The van der Waals surface area contributed by atoms with Crippen molar-refractivity contribution in [2.75, 3.05) is 12.8 Å². The molecule has 0 saturated carbocycles. The topological polar surface area (TPSA) is 60.5 Å². The molecule has 4 nitrogen and oxygen atoms in total. The Morgan fingerprint density at radius 2 is 2.57 bits per heavy atom. The molecule has 2 rings (SSSR count). The van der Waals surface area contributed by atoms with Crippen molar-refractivity contribution in [1.29, 1.82) is 0 Å². The minimum Gasteiger partial charge on any atom is -0.487 e. The van der Waals surface area contributed by atoms with Crippen molar-refractivity contribution in [2.45, 2.75) is 25.3 Å². The van der Waals surface area contributed by atoms with Gasteiger partial charge in [-0.2, -0.15) is 0 Å². The summed E-state index contributed by atoms with van der Waals surface area (Å²) in [6.07, 6.45) is 4.48. The van der Waals surface area contributed by atoms with Gasteiger partial charge < -0.3 is 10.5 Å². The molecular formula is C9H13N3OS. The predicted octanol–water partition coefficient (Wildman–Crippen LogP) is 1.26. The first-order valence-electron chi connectivity index (χ1n) is 4.58. The molecular weight excluding hydrogens is 198 g/mol. The fourth-order valence-electron chi connectivity index (χ4n) is 1.65. The third kappa shape index (κ3) is 1.87. The molecule has 5 heteroatoms. The highest BCUT2D eigenvalue weighted by atomic mass is 32.1. The lowest BCUT2D eigenvalue weighted by Gasteiger charge is -2.16. The lowest BCUT2D eigenvalue weighted by atomic mass is 9.98. The monoisotopic (exact) mass is 211 g/mol. The Balaban J connectivity index is 2.09. The van der Waals surface area contributed by atoms with Crippen LogP contribution in [0.2, 0.25) is 0 Å². The van der Waals surface area contributed by atoms with Crippen molar-refractivity contribution >= 4 is 22.9 Å². The van der Waals surface area contributed by atoms with E-state index in [9.17, 15) is 0 Å². The summed E-state index contributed by atoms with van der Waals surface area (Å²) in [5.41, 5.74) is 6.81. The number of aliphatic imine (C=N–C) groups is 1. The standard InChI is InChI=1S/C9H13N3OS/c1-13-5-11-6-2-3-7-8(4-6)14-9(10)12-7/h5-6H,2-4H2,1H3,(H2,10,12). The Morgan fingerprint density at radius 3 is 3.36 bits per heavy atom. The molecule has 1 unspecified atom stereocenters. The molecule has 0 radical (unpaired) electrons. The third-order valence-electron chi connectivity index (χ3n) is 2.31. The molecule has 1 atom stereocenters. The molecule has 1 aliphatic rings. The number of aryl methyl sites for hydroxylation is 1. The minimum atomic E-state index is 0.335. The summed E-state index contributed by atoms with van der Waals surface area (Å²) < 4.78 is 4.81. The van der Waals surface area contributed by atoms with Gasteiger partial charge in [-0.15, -0.1) is 11.3 Å². The van der Waals surface area contributed by atoms with Gasteiger partial charge in [0.05, 0.1) is 18.8 Å². The van der Waals surface area contributed by atoms with Crippen LogP contribution in [-0.4, -0.2) is 24.5 Å². The number of nitrogen functional groups attached to an aromatic ring is 1. The number of methoxy groups -OCH3 is 1. The van der Waals surface area contributed by atoms with E-state index < -0.39 is 0 Å². The van der Waals surface area contributed by atoms with Gasteiger partial charge in [0.2, 0.25) is 0 Å². The maximum atomic E-state index is 5.65. The number of hydrogen-bond acceptors (Lipinski definition) is 5. The summed E-state index contributed by atoms with van der Waals surface area (Å²) in [7, 11) is 1.61. The zero-order chi connectivity index (χ0) is 9.97. The van der Waals surface area contributed by atoms with Crippen molar-refractivity contribution in [2.24, 2.45) is 4.99 Å². The number of nitrogens with two attached hydrogens (primary N) is 1. The molecule has 1 aromatic rings. The highest BCUT2D eigenvalue weighted by molar-refractivity contribution is 7.15. The van der Waals surface area contributed by atoms with Crippen LogP contribution in [-0.2, 0) is 17.6 Å². The van der Waals surface area contributed by atoms with E-state index in [1.165, 1.54) is 11.3 Å². The average molecular weight is 211 g/mol. The van der Waals surface area contributed by atoms with Crippen LogP contribution in [0.4, 0.5) is 5.13 Å². The van der Waals surface area contributed by atoms with Gasteiger partial charge in [0, 0.05) is 11.3 Å². The summed E-state index contributed by atoms with van der Waals surface area (Å²) in [5, 5.41) is 0.673. The lowest BCUT2D eigenvalue weighted by Crippen LogP contribution is -2.16. The molecule has 0 fully saturated rings. The van der Waals surface area contributed by atoms with Gasteiger partial charge in [0.25, 0.3) is 0 Å². The van der Waals surface area contributed by atoms with Crippen LogP contribution in [0.25, 0.3) is 0 Å². The largest absolute Gasteiger partial charge is 0.487 e. The van der Waals surface area contributed by atoms with E-state index in [2.05, 4.69) is 9.98 Å². The van der Waals surface area contributed by atoms with Gasteiger partial charge in [0.1, 0.15) is 0 Å². The van der Waals surface area contributed by atoms with Gasteiger partial charge in [0.15, 0.2) is 11.5 Å². The number of thiazole rings is 1. The zero-order valence-electron chi connectivity index (χ0n) is 8.06. The molecule has 76 valence electrons. The maximum absolute atomic E-state index is 5.65. The Kier molecular flexibility index (Phi) is 2.67. The first kappa shape index (κ1) is 9.45. The first-order valence-corrected chi connectivity index (χ1v) is 5.39. The number of rotatable bonds is 2. The third-order valence-corrected chi connectivity index (χ3v) is 3.26. The summed E-state index contributed by atoms with van der Waals surface area (Å²) in [4.78, 5) is 9.86. The average Bonchev–Trinajstić information content (AvgIpc) is 2.54. The van der Waals surface area contributed by atoms with Gasteiger partial charge in [-0.05, 0) is 12.8 Å². The quantitative estimate of drug-likeness (QED) is 0.591. The van der Waals surface area contributed by atoms with Crippen LogP contribution < -0.4 is 5.73 Å². The maximum Gasteiger partial charge on any atom is 0.180 e. The van der Waals surface area contributed by atoms with Crippen LogP contribution in [0.5, 0.6) is 0 Å². The Bertz CT molecular complexity index is 348. The van der Waals surface area contributed by atoms with Crippen LogP contribution in [0.3, 0.4) is 0 Å². The van der Waals surface area contributed by atoms with E-state index >= 15 is 0 Å². The Labute approximate surface area is 86.8 Å². The van der Waals surface area contributed by atoms with E-state index in [0.29, 0.717) is 11.2 Å². The number of fused-ring (bicyclic) bond motifs is 1. The molecule has 1 aliphatic carbocycles. The van der Waals surface area contributed by atoms with E-state index in [4.69, 9.17) is 10.5 Å². The molecule has 0 bridgehead atoms. The van der Waals surface area contributed by atoms with Crippen LogP contribution in [0, 0.1) is 0 Å². The molecule has 0 spiro atoms.